The Morgan fingerprint density at radius 2 is 1.55 bits per heavy atom. The van der Waals surface area contributed by atoms with Crippen LogP contribution in [0.5, 0.6) is 11.5 Å². The van der Waals surface area contributed by atoms with Gasteiger partial charge in [0.1, 0.15) is 0 Å². The van der Waals surface area contributed by atoms with Crippen LogP contribution < -0.4 is 14.8 Å². The third kappa shape index (κ3) is 6.29. The van der Waals surface area contributed by atoms with Crippen molar-refractivity contribution < 1.29 is 35.8 Å². The van der Waals surface area contributed by atoms with E-state index in [1.54, 1.807) is 7.11 Å². The fourth-order valence-electron chi connectivity index (χ4n) is 4.50. The molecule has 2 aromatic carbocycles. The molecule has 0 aromatic heterocycles. The van der Waals surface area contributed by atoms with E-state index >= 15 is 0 Å². The molecule has 1 N–H and O–H groups in total. The molecular weight excluding hydrogens is 534 g/mol. The molecule has 11 nitrogen and oxygen atoms in total. The van der Waals surface area contributed by atoms with Gasteiger partial charge < -0.3 is 19.5 Å². The maximum absolute atomic E-state index is 12.9. The van der Waals surface area contributed by atoms with Crippen LogP contribution >= 0.6 is 0 Å². The van der Waals surface area contributed by atoms with E-state index < -0.39 is 26.0 Å². The molecule has 0 spiro atoms. The molecule has 38 heavy (non-hydrogen) atoms. The van der Waals surface area contributed by atoms with E-state index in [4.69, 9.17) is 14.2 Å². The van der Waals surface area contributed by atoms with Gasteiger partial charge in [-0.15, -0.1) is 0 Å². The Morgan fingerprint density at radius 1 is 0.921 bits per heavy atom. The fourth-order valence-corrected chi connectivity index (χ4v) is 7.38. The Kier molecular flexibility index (Phi) is 8.93. The van der Waals surface area contributed by atoms with Crippen LogP contribution in [0.3, 0.4) is 0 Å². The van der Waals surface area contributed by atoms with Crippen LogP contribution in [0, 0.1) is 0 Å². The maximum atomic E-state index is 12.9. The van der Waals surface area contributed by atoms with Crippen LogP contribution in [0.2, 0.25) is 0 Å². The van der Waals surface area contributed by atoms with Crippen molar-refractivity contribution in [3.63, 3.8) is 0 Å². The minimum absolute atomic E-state index is 0.105. The van der Waals surface area contributed by atoms with Crippen LogP contribution in [0.1, 0.15) is 27.9 Å². The van der Waals surface area contributed by atoms with E-state index in [0.29, 0.717) is 56.3 Å². The lowest BCUT2D eigenvalue weighted by Crippen LogP contribution is -2.40. The molecule has 1 fully saturated rings. The first-order valence-corrected chi connectivity index (χ1v) is 15.4. The largest absolute Gasteiger partial charge is 0.493 e. The molecule has 2 aliphatic heterocycles. The molecule has 2 heterocycles. The smallest absolute Gasteiger partial charge is 0.251 e. The number of sulfonamides is 2. The second kappa shape index (κ2) is 12.0. The van der Waals surface area contributed by atoms with E-state index in [1.807, 2.05) is 12.1 Å². The summed E-state index contributed by atoms with van der Waals surface area (Å²) in [6, 6.07) is 9.42. The Labute approximate surface area is 223 Å². The van der Waals surface area contributed by atoms with Gasteiger partial charge in [-0.1, -0.05) is 0 Å². The third-order valence-corrected chi connectivity index (χ3v) is 10.5. The molecule has 1 saturated heterocycles. The summed E-state index contributed by atoms with van der Waals surface area (Å²) in [6.07, 6.45) is 0.815. The Hall–Kier alpha value is -2.71. The van der Waals surface area contributed by atoms with Gasteiger partial charge >= 0.3 is 0 Å². The van der Waals surface area contributed by atoms with Crippen molar-refractivity contribution in [3.05, 3.63) is 53.1 Å². The number of fused-ring (bicyclic) bond motifs is 1. The van der Waals surface area contributed by atoms with Crippen molar-refractivity contribution >= 4 is 26.0 Å². The monoisotopic (exact) mass is 567 g/mol. The molecule has 2 aliphatic rings. The molecule has 4 rings (SSSR count). The quantitative estimate of drug-likeness (QED) is 0.424. The zero-order valence-corrected chi connectivity index (χ0v) is 23.1. The number of hydrogen-bond acceptors (Lipinski definition) is 8. The molecule has 0 bridgehead atoms. The number of morpholine rings is 1. The molecule has 0 atom stereocenters. The van der Waals surface area contributed by atoms with Crippen LogP contribution in [0.15, 0.2) is 41.3 Å². The maximum Gasteiger partial charge on any atom is 0.251 e. The highest BCUT2D eigenvalue weighted by Gasteiger charge is 2.28. The second-order valence-electron chi connectivity index (χ2n) is 9.03. The average Bonchev–Trinajstić information content (AvgIpc) is 2.94. The summed E-state index contributed by atoms with van der Waals surface area (Å²) < 4.78 is 70.0. The van der Waals surface area contributed by atoms with Crippen molar-refractivity contribution in [1.29, 1.82) is 0 Å². The molecule has 0 unspecified atom stereocenters. The number of ether oxygens (including phenoxy) is 3. The van der Waals surface area contributed by atoms with Crippen molar-refractivity contribution in [3.8, 4) is 11.5 Å². The first kappa shape index (κ1) is 28.3. The standard InChI is InChI=1S/C25H33N3O8S2/c1-34-23-16-20-8-10-28(18-21(20)17-24(23)35-2)37(30,31)15-3-9-26-25(29)19-4-6-22(7-5-19)38(32,33)27-11-13-36-14-12-27/h4-7,16-17H,3,8-15,18H2,1-2H3,(H,26,29). The summed E-state index contributed by atoms with van der Waals surface area (Å²) >= 11 is 0. The van der Waals surface area contributed by atoms with Gasteiger partial charge in [-0.25, -0.2) is 16.8 Å². The van der Waals surface area contributed by atoms with Crippen molar-refractivity contribution in [1.82, 2.24) is 13.9 Å². The SMILES string of the molecule is COc1cc2c(cc1OC)CN(S(=O)(=O)CCCNC(=O)c1ccc(S(=O)(=O)N3CCOCC3)cc1)CC2. The lowest BCUT2D eigenvalue weighted by molar-refractivity contribution is 0.0730. The lowest BCUT2D eigenvalue weighted by Gasteiger charge is -2.29. The van der Waals surface area contributed by atoms with E-state index in [2.05, 4.69) is 5.32 Å². The predicted molar refractivity (Wildman–Crippen MR) is 140 cm³/mol. The van der Waals surface area contributed by atoms with Gasteiger partial charge in [0, 0.05) is 38.3 Å². The first-order valence-electron chi connectivity index (χ1n) is 12.3. The summed E-state index contributed by atoms with van der Waals surface area (Å²) in [5.74, 6) is 0.671. The highest BCUT2D eigenvalue weighted by molar-refractivity contribution is 7.89. The summed E-state index contributed by atoms with van der Waals surface area (Å²) in [6.45, 7) is 2.08. The number of nitrogens with one attached hydrogen (secondary N) is 1. The number of methoxy groups -OCH3 is 2. The topological polar surface area (TPSA) is 132 Å². The van der Waals surface area contributed by atoms with Gasteiger partial charge in [-0.05, 0) is 60.4 Å². The number of amides is 1. The van der Waals surface area contributed by atoms with Gasteiger partial charge in [0.15, 0.2) is 11.5 Å². The Morgan fingerprint density at radius 3 is 2.18 bits per heavy atom. The molecule has 0 aliphatic carbocycles. The number of carbonyl (C=O) groups excluding carboxylic acids is 1. The average molecular weight is 568 g/mol. The summed E-state index contributed by atoms with van der Waals surface area (Å²) in [5, 5.41) is 2.71. The fraction of sp³-hybridized carbons (Fsp3) is 0.480. The zero-order valence-electron chi connectivity index (χ0n) is 21.5. The van der Waals surface area contributed by atoms with Crippen molar-refractivity contribution in [2.75, 3.05) is 59.4 Å². The van der Waals surface area contributed by atoms with E-state index in [9.17, 15) is 21.6 Å². The molecule has 1 amide bonds. The van der Waals surface area contributed by atoms with Crippen molar-refractivity contribution in [2.45, 2.75) is 24.3 Å². The number of benzene rings is 2. The van der Waals surface area contributed by atoms with E-state index in [-0.39, 0.29) is 30.2 Å². The van der Waals surface area contributed by atoms with E-state index in [1.165, 1.54) is 40.0 Å². The zero-order chi connectivity index (χ0) is 27.3. The normalized spacial score (nSPS) is 17.0. The van der Waals surface area contributed by atoms with Crippen LogP contribution in [0.25, 0.3) is 0 Å². The number of carbonyl (C=O) groups is 1. The molecule has 0 saturated carbocycles. The van der Waals surface area contributed by atoms with E-state index in [0.717, 1.165) is 11.1 Å². The first-order chi connectivity index (χ1) is 18.2. The van der Waals surface area contributed by atoms with Crippen LogP contribution in [-0.2, 0) is 37.7 Å². The van der Waals surface area contributed by atoms with Gasteiger partial charge in [0.25, 0.3) is 5.91 Å². The number of hydrogen-bond donors (Lipinski definition) is 1. The van der Waals surface area contributed by atoms with Gasteiger partial charge in [0.05, 0.1) is 38.1 Å². The molecule has 0 radical (unpaired) electrons. The lowest BCUT2D eigenvalue weighted by atomic mass is 10.0. The third-order valence-electron chi connectivity index (χ3n) is 6.67. The minimum Gasteiger partial charge on any atom is -0.493 e. The number of nitrogens with zero attached hydrogens (tertiary/aromatic N) is 2. The van der Waals surface area contributed by atoms with Gasteiger partial charge in [-0.2, -0.15) is 8.61 Å². The van der Waals surface area contributed by atoms with Crippen LogP contribution in [0.4, 0.5) is 0 Å². The van der Waals surface area contributed by atoms with Crippen LogP contribution in [-0.4, -0.2) is 90.7 Å². The summed E-state index contributed by atoms with van der Waals surface area (Å²) in [5.41, 5.74) is 2.21. The van der Waals surface area contributed by atoms with Gasteiger partial charge in [-0.3, -0.25) is 4.79 Å². The Bertz CT molecular complexity index is 1360. The van der Waals surface area contributed by atoms with Gasteiger partial charge in [0.2, 0.25) is 20.0 Å². The molecular formula is C25H33N3O8S2. The van der Waals surface area contributed by atoms with Crippen molar-refractivity contribution in [2.24, 2.45) is 0 Å². The molecule has 13 heteroatoms. The second-order valence-corrected chi connectivity index (χ2v) is 13.1. The highest BCUT2D eigenvalue weighted by atomic mass is 32.2. The molecule has 208 valence electrons. The predicted octanol–water partition coefficient (Wildman–Crippen LogP) is 1.23. The Balaban J connectivity index is 1.28. The number of rotatable bonds is 10. The minimum atomic E-state index is -3.64. The molecule has 2 aromatic rings. The highest BCUT2D eigenvalue weighted by Crippen LogP contribution is 2.33. The summed E-state index contributed by atoms with van der Waals surface area (Å²) in [7, 11) is -4.07. The summed E-state index contributed by atoms with van der Waals surface area (Å²) in [4.78, 5) is 12.6.